The third kappa shape index (κ3) is 8.85. The number of benzene rings is 1. The SMILES string of the molecule is COC(=O)CCCCCC[C@H]1C(=O)C[C@H](O)[C@@H]1C#CC(C)(O)CCCc1ccccc1. The van der Waals surface area contributed by atoms with E-state index in [9.17, 15) is 19.8 Å². The molecule has 0 aliphatic heterocycles. The summed E-state index contributed by atoms with van der Waals surface area (Å²) in [6.45, 7) is 1.70. The molecule has 1 aliphatic rings. The molecule has 1 saturated carbocycles. The van der Waals surface area contributed by atoms with Crippen molar-refractivity contribution in [1.82, 2.24) is 0 Å². The van der Waals surface area contributed by atoms with E-state index in [1.165, 1.54) is 12.7 Å². The molecule has 0 saturated heterocycles. The van der Waals surface area contributed by atoms with Crippen LogP contribution >= 0.6 is 0 Å². The summed E-state index contributed by atoms with van der Waals surface area (Å²) in [6, 6.07) is 10.1. The van der Waals surface area contributed by atoms with Gasteiger partial charge in [-0.25, -0.2) is 0 Å². The van der Waals surface area contributed by atoms with Gasteiger partial charge in [0, 0.05) is 18.8 Å². The molecule has 31 heavy (non-hydrogen) atoms. The minimum Gasteiger partial charge on any atom is -0.469 e. The van der Waals surface area contributed by atoms with E-state index in [0.29, 0.717) is 19.3 Å². The van der Waals surface area contributed by atoms with Crippen LogP contribution in [0.2, 0.25) is 0 Å². The molecule has 1 aromatic carbocycles. The van der Waals surface area contributed by atoms with Gasteiger partial charge in [0.15, 0.2) is 0 Å². The Morgan fingerprint density at radius 3 is 2.58 bits per heavy atom. The number of ketones is 1. The molecule has 0 spiro atoms. The highest BCUT2D eigenvalue weighted by molar-refractivity contribution is 5.85. The summed E-state index contributed by atoms with van der Waals surface area (Å²) < 4.78 is 4.63. The zero-order valence-corrected chi connectivity index (χ0v) is 18.8. The largest absolute Gasteiger partial charge is 0.469 e. The number of ether oxygens (including phenoxy) is 1. The van der Waals surface area contributed by atoms with Gasteiger partial charge in [-0.05, 0) is 44.6 Å². The molecule has 2 rings (SSSR count). The number of hydrogen-bond donors (Lipinski definition) is 2. The Labute approximate surface area is 186 Å². The smallest absolute Gasteiger partial charge is 0.305 e. The molecule has 0 amide bonds. The normalized spacial score (nSPS) is 22.5. The summed E-state index contributed by atoms with van der Waals surface area (Å²) in [5.74, 6) is 5.16. The Balaban J connectivity index is 1.81. The fourth-order valence-electron chi connectivity index (χ4n) is 4.16. The van der Waals surface area contributed by atoms with Crippen molar-refractivity contribution in [3.05, 3.63) is 35.9 Å². The van der Waals surface area contributed by atoms with Crippen molar-refractivity contribution in [2.24, 2.45) is 11.8 Å². The molecular formula is C26H36O5. The van der Waals surface area contributed by atoms with Crippen LogP contribution in [-0.2, 0) is 20.7 Å². The van der Waals surface area contributed by atoms with Crippen molar-refractivity contribution in [1.29, 1.82) is 0 Å². The quantitative estimate of drug-likeness (QED) is 0.318. The highest BCUT2D eigenvalue weighted by Crippen LogP contribution is 2.33. The number of methoxy groups -OCH3 is 1. The first-order chi connectivity index (χ1) is 14.8. The number of aryl methyl sites for hydroxylation is 1. The van der Waals surface area contributed by atoms with E-state index >= 15 is 0 Å². The van der Waals surface area contributed by atoms with Crippen molar-refractivity contribution >= 4 is 11.8 Å². The van der Waals surface area contributed by atoms with Gasteiger partial charge >= 0.3 is 5.97 Å². The van der Waals surface area contributed by atoms with E-state index in [4.69, 9.17) is 0 Å². The number of aliphatic hydroxyl groups is 2. The van der Waals surface area contributed by atoms with Gasteiger partial charge in [0.05, 0.1) is 19.1 Å². The van der Waals surface area contributed by atoms with Crippen LogP contribution in [0.1, 0.15) is 70.3 Å². The van der Waals surface area contributed by atoms with Crippen LogP contribution in [0.25, 0.3) is 0 Å². The summed E-state index contributed by atoms with van der Waals surface area (Å²) in [4.78, 5) is 23.5. The van der Waals surface area contributed by atoms with Crippen molar-refractivity contribution in [3.63, 3.8) is 0 Å². The van der Waals surface area contributed by atoms with Crippen LogP contribution in [0.3, 0.4) is 0 Å². The number of hydrogen-bond acceptors (Lipinski definition) is 5. The molecular weight excluding hydrogens is 392 g/mol. The van der Waals surface area contributed by atoms with Crippen LogP contribution in [0.5, 0.6) is 0 Å². The molecule has 4 atom stereocenters. The Hall–Kier alpha value is -2.16. The highest BCUT2D eigenvalue weighted by atomic mass is 16.5. The van der Waals surface area contributed by atoms with Crippen molar-refractivity contribution in [2.45, 2.75) is 82.8 Å². The summed E-state index contributed by atoms with van der Waals surface area (Å²) in [6.07, 6.45) is 6.19. The minimum atomic E-state index is -1.14. The minimum absolute atomic E-state index is 0.0603. The zero-order valence-electron chi connectivity index (χ0n) is 18.8. The summed E-state index contributed by atoms with van der Waals surface area (Å²) in [5.41, 5.74) is 0.0909. The lowest BCUT2D eigenvalue weighted by Gasteiger charge is -2.19. The second-order valence-corrected chi connectivity index (χ2v) is 8.78. The van der Waals surface area contributed by atoms with Gasteiger partial charge in [0.25, 0.3) is 0 Å². The number of rotatable bonds is 11. The zero-order chi connectivity index (χ0) is 22.7. The van der Waals surface area contributed by atoms with Crippen molar-refractivity contribution < 1.29 is 24.5 Å². The van der Waals surface area contributed by atoms with Crippen molar-refractivity contribution in [2.75, 3.05) is 7.11 Å². The Morgan fingerprint density at radius 2 is 1.87 bits per heavy atom. The van der Waals surface area contributed by atoms with Crippen LogP contribution in [0, 0.1) is 23.7 Å². The number of esters is 1. The molecule has 5 heteroatoms. The monoisotopic (exact) mass is 428 g/mol. The van der Waals surface area contributed by atoms with E-state index in [0.717, 1.165) is 38.5 Å². The lowest BCUT2D eigenvalue weighted by Crippen LogP contribution is -2.24. The molecule has 0 radical (unpaired) electrons. The number of aliphatic hydroxyl groups excluding tert-OH is 1. The molecule has 5 nitrogen and oxygen atoms in total. The average molecular weight is 429 g/mol. The Bertz CT molecular complexity index is 759. The molecule has 0 bridgehead atoms. The van der Waals surface area contributed by atoms with Gasteiger partial charge in [-0.3, -0.25) is 9.59 Å². The molecule has 1 fully saturated rings. The van der Waals surface area contributed by atoms with Crippen LogP contribution in [-0.4, -0.2) is 40.8 Å². The van der Waals surface area contributed by atoms with Crippen LogP contribution in [0.15, 0.2) is 30.3 Å². The summed E-state index contributed by atoms with van der Waals surface area (Å²) >= 11 is 0. The fraction of sp³-hybridized carbons (Fsp3) is 0.615. The van der Waals surface area contributed by atoms with E-state index in [-0.39, 0.29) is 24.1 Å². The first-order valence-electron chi connectivity index (χ1n) is 11.4. The van der Waals surface area contributed by atoms with Gasteiger partial charge in [0.1, 0.15) is 11.4 Å². The molecule has 2 N–H and O–H groups in total. The van der Waals surface area contributed by atoms with Gasteiger partial charge in [-0.1, -0.05) is 61.4 Å². The standard InChI is InChI=1S/C26H36O5/c1-26(30,17-10-13-20-11-6-5-7-12-20)18-16-22-21(23(27)19-24(22)28)14-8-3-4-9-15-25(29)31-2/h5-7,11-12,21-22,24,28,30H,3-4,8-10,13-15,17,19H2,1-2H3/t21-,22-,24+,26?/m1/s1. The van der Waals surface area contributed by atoms with Crippen LogP contribution in [0.4, 0.5) is 0 Å². The van der Waals surface area contributed by atoms with E-state index < -0.39 is 17.6 Å². The maximum Gasteiger partial charge on any atom is 0.305 e. The van der Waals surface area contributed by atoms with Gasteiger partial charge in [-0.2, -0.15) is 0 Å². The van der Waals surface area contributed by atoms with Crippen molar-refractivity contribution in [3.8, 4) is 11.8 Å². The number of carbonyl (C=O) groups is 2. The third-order valence-corrected chi connectivity index (χ3v) is 6.03. The fourth-order valence-corrected chi connectivity index (χ4v) is 4.16. The topological polar surface area (TPSA) is 83.8 Å². The predicted molar refractivity (Wildman–Crippen MR) is 120 cm³/mol. The number of Topliss-reactive ketones (excluding diaryl/α,β-unsaturated/α-hetero) is 1. The Morgan fingerprint density at radius 1 is 1.16 bits per heavy atom. The van der Waals surface area contributed by atoms with Gasteiger partial charge in [-0.15, -0.1) is 0 Å². The lowest BCUT2D eigenvalue weighted by molar-refractivity contribution is -0.140. The second kappa shape index (κ2) is 12.6. The molecule has 1 aromatic rings. The molecule has 170 valence electrons. The summed E-state index contributed by atoms with van der Waals surface area (Å²) in [5, 5.41) is 21.0. The van der Waals surface area contributed by atoms with Gasteiger partial charge in [0.2, 0.25) is 0 Å². The first-order valence-corrected chi connectivity index (χ1v) is 11.4. The predicted octanol–water partition coefficient (Wildman–Crippen LogP) is 3.84. The molecule has 1 unspecified atom stereocenters. The first kappa shape index (κ1) is 25.1. The number of unbranched alkanes of at least 4 members (excludes halogenated alkanes) is 3. The van der Waals surface area contributed by atoms with Gasteiger partial charge < -0.3 is 14.9 Å². The molecule has 0 heterocycles. The maximum absolute atomic E-state index is 12.3. The maximum atomic E-state index is 12.3. The molecule has 0 aromatic heterocycles. The van der Waals surface area contributed by atoms with E-state index in [1.54, 1.807) is 6.92 Å². The van der Waals surface area contributed by atoms with E-state index in [2.05, 4.69) is 28.7 Å². The molecule has 1 aliphatic carbocycles. The lowest BCUT2D eigenvalue weighted by atomic mass is 9.88. The summed E-state index contributed by atoms with van der Waals surface area (Å²) in [7, 11) is 1.39. The Kier molecular flexibility index (Phi) is 10.2. The number of carbonyl (C=O) groups excluding carboxylic acids is 2. The third-order valence-electron chi connectivity index (χ3n) is 6.03. The van der Waals surface area contributed by atoms with E-state index in [1.807, 2.05) is 18.2 Å². The van der Waals surface area contributed by atoms with Crippen LogP contribution < -0.4 is 0 Å². The average Bonchev–Trinajstić information content (AvgIpc) is 3.01. The highest BCUT2D eigenvalue weighted by Gasteiger charge is 2.40. The second-order valence-electron chi connectivity index (χ2n) is 8.78.